The molecule has 4 aliphatic carbocycles. The van der Waals surface area contributed by atoms with E-state index >= 15 is 0 Å². The summed E-state index contributed by atoms with van der Waals surface area (Å²) in [5, 5.41) is 0. The average Bonchev–Trinajstić information content (AvgIpc) is 2.11. The average molecular weight is 286 g/mol. The molecule has 4 saturated carbocycles. The van der Waals surface area contributed by atoms with E-state index in [1.807, 2.05) is 0 Å². The predicted octanol–water partition coefficient (Wildman–Crippen LogP) is 3.90. The molecule has 4 rings (SSSR count). The molecule has 4 bridgehead atoms. The Morgan fingerprint density at radius 1 is 1.00 bits per heavy atom. The summed E-state index contributed by atoms with van der Waals surface area (Å²) in [5.41, 5.74) is 0.477. The maximum atomic E-state index is 5.27. The maximum absolute atomic E-state index is 5.27. The topological polar surface area (TPSA) is 12.4 Å². The molecule has 0 aromatic carbocycles. The van der Waals surface area contributed by atoms with Crippen LogP contribution in [0.25, 0.3) is 0 Å². The summed E-state index contributed by atoms with van der Waals surface area (Å²) >= 11 is 0.181. The van der Waals surface area contributed by atoms with Gasteiger partial charge < -0.3 is 0 Å². The summed E-state index contributed by atoms with van der Waals surface area (Å²) in [6, 6.07) is 0. The van der Waals surface area contributed by atoms with Gasteiger partial charge >= 0.3 is 113 Å². The Hall–Kier alpha value is 0.471. The molecule has 0 spiro atoms. The fraction of sp³-hybridized carbons (Fsp3) is 0.929. The van der Waals surface area contributed by atoms with Crippen LogP contribution < -0.4 is 0 Å². The Kier molecular flexibility index (Phi) is 3.12. The molecule has 0 atom stereocenters. The van der Waals surface area contributed by atoms with E-state index in [2.05, 4.69) is 24.0 Å². The van der Waals surface area contributed by atoms with Crippen LogP contribution in [0.3, 0.4) is 0 Å². The second kappa shape index (κ2) is 4.25. The normalized spacial score (nSPS) is 43.4. The fourth-order valence-corrected chi connectivity index (χ4v) is 7.57. The van der Waals surface area contributed by atoms with Crippen molar-refractivity contribution in [1.29, 1.82) is 0 Å². The molecule has 0 heterocycles. The Bertz CT molecular complexity index is 341. The van der Waals surface area contributed by atoms with Gasteiger partial charge in [0.25, 0.3) is 0 Å². The number of nitrogens with zero attached hydrogens (tertiary/aromatic N) is 1. The fourth-order valence-electron chi connectivity index (χ4n) is 4.51. The first kappa shape index (κ1) is 12.5. The van der Waals surface area contributed by atoms with Crippen LogP contribution in [0.4, 0.5) is 0 Å². The van der Waals surface area contributed by atoms with Gasteiger partial charge in [-0.2, -0.15) is 0 Å². The van der Waals surface area contributed by atoms with Gasteiger partial charge in [-0.1, -0.05) is 0 Å². The molecule has 0 unspecified atom stereocenters. The van der Waals surface area contributed by atoms with E-state index in [-0.39, 0.29) is 15.7 Å². The molecule has 1 nitrogen and oxygen atoms in total. The molecule has 0 saturated heterocycles. The van der Waals surface area contributed by atoms with Gasteiger partial charge in [-0.3, -0.25) is 0 Å². The van der Waals surface area contributed by atoms with Crippen LogP contribution in [0.5, 0.6) is 0 Å². The molecule has 95 valence electrons. The third-order valence-electron chi connectivity index (χ3n) is 4.72. The molecule has 0 aliphatic heterocycles. The third kappa shape index (κ3) is 2.74. The first-order valence-corrected chi connectivity index (χ1v) is 12.2. The van der Waals surface area contributed by atoms with Gasteiger partial charge in [0.2, 0.25) is 0 Å². The summed E-state index contributed by atoms with van der Waals surface area (Å²) < 4.78 is 7.90. The van der Waals surface area contributed by atoms with Gasteiger partial charge in [0.1, 0.15) is 0 Å². The molecular weight excluding hydrogens is 261 g/mol. The van der Waals surface area contributed by atoms with Gasteiger partial charge in [-0.05, 0) is 0 Å². The number of rotatable bonds is 2. The van der Waals surface area contributed by atoms with Crippen LogP contribution in [0.15, 0.2) is 3.79 Å². The Morgan fingerprint density at radius 3 is 1.88 bits per heavy atom. The van der Waals surface area contributed by atoms with Crippen molar-refractivity contribution in [2.24, 2.45) is 21.5 Å². The van der Waals surface area contributed by atoms with Gasteiger partial charge in [-0.25, -0.2) is 0 Å². The minimum atomic E-state index is -0.969. The zero-order valence-corrected chi connectivity index (χ0v) is 13.8. The van der Waals surface area contributed by atoms with Crippen molar-refractivity contribution < 1.29 is 15.7 Å². The molecular formula is C14H25NSiV. The van der Waals surface area contributed by atoms with E-state index in [0.29, 0.717) is 5.54 Å². The van der Waals surface area contributed by atoms with E-state index in [0.717, 1.165) is 17.8 Å². The quantitative estimate of drug-likeness (QED) is 0.683. The molecule has 0 N–H and O–H groups in total. The molecule has 4 aliphatic rings. The van der Waals surface area contributed by atoms with Crippen LogP contribution in [-0.2, 0) is 15.7 Å². The van der Waals surface area contributed by atoms with Crippen LogP contribution in [0.1, 0.15) is 38.5 Å². The molecule has 0 radical (unpaired) electrons. The van der Waals surface area contributed by atoms with Crippen LogP contribution in [0.2, 0.25) is 19.6 Å². The number of hydrogen-bond donors (Lipinski definition) is 0. The van der Waals surface area contributed by atoms with E-state index in [9.17, 15) is 0 Å². The zero-order valence-electron chi connectivity index (χ0n) is 11.4. The van der Waals surface area contributed by atoms with E-state index in [1.165, 1.54) is 19.3 Å². The van der Waals surface area contributed by atoms with Crippen molar-refractivity contribution in [3.8, 4) is 0 Å². The summed E-state index contributed by atoms with van der Waals surface area (Å²) in [6.45, 7) is 7.33. The molecule has 0 aromatic rings. The van der Waals surface area contributed by atoms with Crippen LogP contribution in [0, 0.1) is 17.8 Å². The Labute approximate surface area is 113 Å². The monoisotopic (exact) mass is 286 g/mol. The Morgan fingerprint density at radius 2 is 1.47 bits per heavy atom. The molecule has 0 amide bonds. The van der Waals surface area contributed by atoms with Gasteiger partial charge in [0.15, 0.2) is 0 Å². The van der Waals surface area contributed by atoms with Crippen LogP contribution >= 0.6 is 0 Å². The van der Waals surface area contributed by atoms with Crippen molar-refractivity contribution >= 4 is 12.4 Å². The zero-order chi connectivity index (χ0) is 12.1. The third-order valence-corrected chi connectivity index (χ3v) is 10.6. The second-order valence-electron chi connectivity index (χ2n) is 7.85. The van der Waals surface area contributed by atoms with Crippen molar-refractivity contribution in [1.82, 2.24) is 0 Å². The van der Waals surface area contributed by atoms with Gasteiger partial charge in [0, 0.05) is 0 Å². The predicted molar refractivity (Wildman–Crippen MR) is 72.7 cm³/mol. The second-order valence-corrected chi connectivity index (χ2v) is 14.7. The summed E-state index contributed by atoms with van der Waals surface area (Å²) in [4.78, 5) is 0. The van der Waals surface area contributed by atoms with Crippen LogP contribution in [-0.4, -0.2) is 18.0 Å². The first-order valence-electron chi connectivity index (χ1n) is 7.21. The molecule has 3 heteroatoms. The standard InChI is InChI=1S/C10H15N.C4H10Si.V/c11-10-4-7-1-8(5-10)3-9(2-7)6-10;1-5(2,3)4;/h7-9H,1-6H2;1H,2-4H3;. The SMILES string of the molecule is C[Si](C)(C)[CH]=[V]=[N]C12CC3CC(CC(C3)C1)C2. The number of hydrogen-bond acceptors (Lipinski definition) is 1. The van der Waals surface area contributed by atoms with Gasteiger partial charge in [-0.15, -0.1) is 0 Å². The minimum absolute atomic E-state index is 0.181. The van der Waals surface area contributed by atoms with Gasteiger partial charge in [0.05, 0.1) is 0 Å². The molecule has 0 aromatic heterocycles. The Balaban J connectivity index is 1.81. The van der Waals surface area contributed by atoms with Crippen molar-refractivity contribution in [3.63, 3.8) is 0 Å². The summed E-state index contributed by atoms with van der Waals surface area (Å²) in [6.07, 6.45) is 8.99. The summed E-state index contributed by atoms with van der Waals surface area (Å²) in [7, 11) is -0.969. The van der Waals surface area contributed by atoms with E-state index < -0.39 is 8.07 Å². The van der Waals surface area contributed by atoms with Crippen molar-refractivity contribution in [2.75, 3.05) is 0 Å². The molecule has 17 heavy (non-hydrogen) atoms. The van der Waals surface area contributed by atoms with E-state index in [4.69, 9.17) is 3.79 Å². The molecule has 4 fully saturated rings. The van der Waals surface area contributed by atoms with Crippen molar-refractivity contribution in [3.05, 3.63) is 0 Å². The summed E-state index contributed by atoms with van der Waals surface area (Å²) in [5.74, 6) is 3.16. The first-order chi connectivity index (χ1) is 7.94. The van der Waals surface area contributed by atoms with E-state index in [1.54, 1.807) is 19.3 Å². The van der Waals surface area contributed by atoms with Crippen molar-refractivity contribution in [2.45, 2.75) is 63.7 Å².